The smallest absolute Gasteiger partial charge is 0.433 e. The zero-order valence-corrected chi connectivity index (χ0v) is 12.3. The molecule has 0 saturated carbocycles. The summed E-state index contributed by atoms with van der Waals surface area (Å²) in [5.74, 6) is -0.179. The van der Waals surface area contributed by atoms with E-state index in [9.17, 15) is 14.9 Å². The number of amides is 1. The first-order chi connectivity index (χ1) is 11.1. The minimum absolute atomic E-state index is 0.195. The topological polar surface area (TPSA) is 111 Å². The maximum atomic E-state index is 11.8. The highest BCUT2D eigenvalue weighted by atomic mass is 16.6. The summed E-state index contributed by atoms with van der Waals surface area (Å²) < 4.78 is 15.5. The summed E-state index contributed by atoms with van der Waals surface area (Å²) in [7, 11) is 0. The van der Waals surface area contributed by atoms with Gasteiger partial charge >= 0.3 is 12.0 Å². The molecule has 3 rings (SSSR count). The van der Waals surface area contributed by atoms with E-state index in [1.54, 1.807) is 0 Å². The number of furan rings is 1. The summed E-state index contributed by atoms with van der Waals surface area (Å²) in [6.45, 7) is 3.95. The molecule has 1 amide bonds. The summed E-state index contributed by atoms with van der Waals surface area (Å²) in [5, 5.41) is 15.7. The molecule has 10 heteroatoms. The highest BCUT2D eigenvalue weighted by molar-refractivity contribution is 5.78. The molecule has 0 spiro atoms. The van der Waals surface area contributed by atoms with Crippen molar-refractivity contribution in [2.75, 3.05) is 39.4 Å². The first-order valence-electron chi connectivity index (χ1n) is 7.18. The van der Waals surface area contributed by atoms with E-state index in [0.29, 0.717) is 26.3 Å². The van der Waals surface area contributed by atoms with Crippen molar-refractivity contribution in [1.29, 1.82) is 0 Å². The van der Waals surface area contributed by atoms with Crippen LogP contribution in [0.1, 0.15) is 5.76 Å². The van der Waals surface area contributed by atoms with E-state index in [0.717, 1.165) is 13.1 Å². The van der Waals surface area contributed by atoms with Crippen LogP contribution in [0.25, 0.3) is 0 Å². The Labute approximate surface area is 131 Å². The third kappa shape index (κ3) is 3.85. The fourth-order valence-corrected chi connectivity index (χ4v) is 2.41. The molecule has 0 N–H and O–H groups in total. The summed E-state index contributed by atoms with van der Waals surface area (Å²) in [6.07, 6.45) is 0.454. The Morgan fingerprint density at radius 1 is 1.39 bits per heavy atom. The number of hydrazone groups is 1. The third-order valence-corrected chi connectivity index (χ3v) is 3.54. The Balaban J connectivity index is 1.54. The van der Waals surface area contributed by atoms with E-state index in [2.05, 4.69) is 10.0 Å². The van der Waals surface area contributed by atoms with Gasteiger partial charge in [-0.2, -0.15) is 10.1 Å². The lowest BCUT2D eigenvalue weighted by Gasteiger charge is -2.27. The molecule has 1 atom stereocenters. The average Bonchev–Trinajstić information content (AvgIpc) is 3.13. The van der Waals surface area contributed by atoms with E-state index < -0.39 is 11.0 Å². The number of rotatable bonds is 5. The van der Waals surface area contributed by atoms with E-state index in [4.69, 9.17) is 13.9 Å². The fourth-order valence-electron chi connectivity index (χ4n) is 2.41. The van der Waals surface area contributed by atoms with Crippen LogP contribution in [0.4, 0.5) is 10.7 Å². The largest absolute Gasteiger partial charge is 0.441 e. The molecule has 2 saturated heterocycles. The van der Waals surface area contributed by atoms with Crippen molar-refractivity contribution >= 4 is 18.2 Å². The zero-order chi connectivity index (χ0) is 16.2. The monoisotopic (exact) mass is 324 g/mol. The molecule has 0 unspecified atom stereocenters. The SMILES string of the molecule is O=C1O[C@H](CN2CCOCC2)CN1/N=C/c1ccc([N+](=O)[O-])o1. The van der Waals surface area contributed by atoms with Crippen LogP contribution >= 0.6 is 0 Å². The lowest BCUT2D eigenvalue weighted by Crippen LogP contribution is -2.41. The summed E-state index contributed by atoms with van der Waals surface area (Å²) in [5.41, 5.74) is 0. The third-order valence-electron chi connectivity index (χ3n) is 3.54. The number of nitro groups is 1. The van der Waals surface area contributed by atoms with Crippen LogP contribution in [0.15, 0.2) is 21.7 Å². The molecule has 23 heavy (non-hydrogen) atoms. The van der Waals surface area contributed by atoms with Gasteiger partial charge in [-0.3, -0.25) is 15.0 Å². The van der Waals surface area contributed by atoms with Gasteiger partial charge in [-0.25, -0.2) is 4.79 Å². The Kier molecular flexibility index (Phi) is 4.53. The average molecular weight is 324 g/mol. The second kappa shape index (κ2) is 6.75. The minimum Gasteiger partial charge on any atom is -0.441 e. The molecule has 2 fully saturated rings. The van der Waals surface area contributed by atoms with Crippen LogP contribution in [0.2, 0.25) is 0 Å². The number of nitrogens with zero attached hydrogens (tertiary/aromatic N) is 4. The van der Waals surface area contributed by atoms with Crippen LogP contribution in [0, 0.1) is 10.1 Å². The Bertz CT molecular complexity index is 609. The maximum Gasteiger partial charge on any atom is 0.433 e. The van der Waals surface area contributed by atoms with Gasteiger partial charge in [-0.05, 0) is 6.07 Å². The lowest BCUT2D eigenvalue weighted by molar-refractivity contribution is -0.402. The van der Waals surface area contributed by atoms with Crippen molar-refractivity contribution in [1.82, 2.24) is 9.91 Å². The van der Waals surface area contributed by atoms with Gasteiger partial charge in [-0.15, -0.1) is 0 Å². The van der Waals surface area contributed by atoms with Crippen LogP contribution < -0.4 is 0 Å². The molecule has 1 aromatic heterocycles. The number of carbonyl (C=O) groups excluding carboxylic acids is 1. The first-order valence-corrected chi connectivity index (χ1v) is 7.18. The van der Waals surface area contributed by atoms with E-state index >= 15 is 0 Å². The minimum atomic E-state index is -0.639. The van der Waals surface area contributed by atoms with Gasteiger partial charge in [0.05, 0.1) is 32.0 Å². The van der Waals surface area contributed by atoms with Crippen molar-refractivity contribution in [3.63, 3.8) is 0 Å². The normalized spacial score (nSPS) is 22.7. The molecule has 0 aliphatic carbocycles. The highest BCUT2D eigenvalue weighted by Crippen LogP contribution is 2.16. The second-order valence-corrected chi connectivity index (χ2v) is 5.18. The number of hydrogen-bond donors (Lipinski definition) is 0. The van der Waals surface area contributed by atoms with Crippen molar-refractivity contribution in [2.24, 2.45) is 5.10 Å². The quantitative estimate of drug-likeness (QED) is 0.445. The van der Waals surface area contributed by atoms with Gasteiger partial charge in [0.15, 0.2) is 5.76 Å². The predicted molar refractivity (Wildman–Crippen MR) is 77.2 cm³/mol. The predicted octanol–water partition coefficient (Wildman–Crippen LogP) is 0.675. The van der Waals surface area contributed by atoms with Gasteiger partial charge in [0, 0.05) is 19.6 Å². The van der Waals surface area contributed by atoms with Gasteiger partial charge in [0.1, 0.15) is 11.0 Å². The number of carbonyl (C=O) groups is 1. The van der Waals surface area contributed by atoms with Gasteiger partial charge < -0.3 is 13.9 Å². The Hall–Kier alpha value is -2.46. The fraction of sp³-hybridized carbons (Fsp3) is 0.538. The number of hydrogen-bond acceptors (Lipinski definition) is 8. The molecule has 1 aromatic rings. The summed E-state index contributed by atoms with van der Waals surface area (Å²) in [4.78, 5) is 23.8. The number of cyclic esters (lactones) is 1. The molecular weight excluding hydrogens is 308 g/mol. The van der Waals surface area contributed by atoms with Crippen LogP contribution in [0.5, 0.6) is 0 Å². The van der Waals surface area contributed by atoms with Gasteiger partial charge in [0.25, 0.3) is 0 Å². The molecule has 0 bridgehead atoms. The number of ether oxygens (including phenoxy) is 2. The first kappa shape index (κ1) is 15.4. The second-order valence-electron chi connectivity index (χ2n) is 5.18. The Morgan fingerprint density at radius 3 is 2.87 bits per heavy atom. The molecule has 124 valence electrons. The van der Waals surface area contributed by atoms with Crippen LogP contribution in [0.3, 0.4) is 0 Å². The standard InChI is InChI=1S/C13H16N4O6/c18-13-16(14-7-10-1-2-12(22-10)17(19)20)9-11(23-13)8-15-3-5-21-6-4-15/h1-2,7,11H,3-6,8-9H2/b14-7+/t11-/m1/s1. The summed E-state index contributed by atoms with van der Waals surface area (Å²) in [6, 6.07) is 2.64. The molecule has 3 heterocycles. The van der Waals surface area contributed by atoms with Crippen molar-refractivity contribution < 1.29 is 23.6 Å². The van der Waals surface area contributed by atoms with Crippen LogP contribution in [-0.2, 0) is 9.47 Å². The molecule has 0 radical (unpaired) electrons. The summed E-state index contributed by atoms with van der Waals surface area (Å²) >= 11 is 0. The lowest BCUT2D eigenvalue weighted by atomic mass is 10.3. The van der Waals surface area contributed by atoms with Crippen molar-refractivity contribution in [3.05, 3.63) is 28.0 Å². The molecule has 2 aliphatic rings. The van der Waals surface area contributed by atoms with Crippen molar-refractivity contribution in [2.45, 2.75) is 6.10 Å². The van der Waals surface area contributed by atoms with Gasteiger partial charge in [-0.1, -0.05) is 0 Å². The molecule has 0 aromatic carbocycles. The van der Waals surface area contributed by atoms with E-state index in [1.807, 2.05) is 0 Å². The van der Waals surface area contributed by atoms with E-state index in [1.165, 1.54) is 23.4 Å². The zero-order valence-electron chi connectivity index (χ0n) is 12.3. The molecular formula is C13H16N4O6. The number of morpholine rings is 1. The van der Waals surface area contributed by atoms with Crippen molar-refractivity contribution in [3.8, 4) is 0 Å². The maximum absolute atomic E-state index is 11.8. The molecule has 10 nitrogen and oxygen atoms in total. The van der Waals surface area contributed by atoms with Crippen LogP contribution in [-0.4, -0.2) is 72.6 Å². The highest BCUT2D eigenvalue weighted by Gasteiger charge is 2.32. The Morgan fingerprint density at radius 2 is 2.17 bits per heavy atom. The van der Waals surface area contributed by atoms with Gasteiger partial charge in [0.2, 0.25) is 0 Å². The van der Waals surface area contributed by atoms with E-state index in [-0.39, 0.29) is 17.7 Å². The molecule has 2 aliphatic heterocycles.